The van der Waals surface area contributed by atoms with Crippen LogP contribution in [-0.2, 0) is 9.59 Å². The average Bonchev–Trinajstić information content (AvgIpc) is 1.82. The van der Waals surface area contributed by atoms with E-state index >= 15 is 0 Å². The monoisotopic (exact) mass is 167 g/mol. The van der Waals surface area contributed by atoms with Crippen molar-refractivity contribution in [3.05, 3.63) is 11.6 Å². The molecule has 1 aliphatic rings. The van der Waals surface area contributed by atoms with Gasteiger partial charge in [-0.25, -0.2) is 0 Å². The van der Waals surface area contributed by atoms with Crippen LogP contribution in [0.3, 0.4) is 0 Å². The van der Waals surface area contributed by atoms with Gasteiger partial charge >= 0.3 is 0 Å². The second kappa shape index (κ2) is 3.09. The molecule has 0 spiro atoms. The first kappa shape index (κ1) is 8.97. The van der Waals surface area contributed by atoms with Crippen molar-refractivity contribution in [1.29, 1.82) is 0 Å². The SMILES string of the molecule is CC1=CC(=O)C(C(N)=O)C(C)C1. The molecule has 0 saturated heterocycles. The quantitative estimate of drug-likeness (QED) is 0.583. The Morgan fingerprint density at radius 1 is 1.67 bits per heavy atom. The Hall–Kier alpha value is -1.12. The summed E-state index contributed by atoms with van der Waals surface area (Å²) >= 11 is 0. The third-order valence-electron chi connectivity index (χ3n) is 2.21. The fraction of sp³-hybridized carbons (Fsp3) is 0.556. The van der Waals surface area contributed by atoms with Gasteiger partial charge in [-0.3, -0.25) is 9.59 Å². The molecule has 0 aromatic carbocycles. The van der Waals surface area contributed by atoms with Crippen molar-refractivity contribution in [2.75, 3.05) is 0 Å². The summed E-state index contributed by atoms with van der Waals surface area (Å²) in [7, 11) is 0. The number of amides is 1. The van der Waals surface area contributed by atoms with Crippen LogP contribution in [0.25, 0.3) is 0 Å². The maximum absolute atomic E-state index is 11.3. The zero-order valence-corrected chi connectivity index (χ0v) is 7.33. The number of ketones is 1. The molecular formula is C9H13NO2. The molecule has 1 amide bonds. The molecule has 3 nitrogen and oxygen atoms in total. The van der Waals surface area contributed by atoms with Crippen molar-refractivity contribution in [3.63, 3.8) is 0 Å². The fourth-order valence-corrected chi connectivity index (χ4v) is 1.72. The minimum atomic E-state index is -0.603. The highest BCUT2D eigenvalue weighted by atomic mass is 16.2. The van der Waals surface area contributed by atoms with Crippen molar-refractivity contribution < 1.29 is 9.59 Å². The number of hydrogen-bond donors (Lipinski definition) is 1. The third kappa shape index (κ3) is 1.55. The van der Waals surface area contributed by atoms with Crippen molar-refractivity contribution in [3.8, 4) is 0 Å². The van der Waals surface area contributed by atoms with Gasteiger partial charge in [0, 0.05) is 0 Å². The predicted octanol–water partition coefficient (Wildman–Crippen LogP) is 0.643. The van der Waals surface area contributed by atoms with Crippen LogP contribution >= 0.6 is 0 Å². The molecule has 0 bridgehead atoms. The Kier molecular flexibility index (Phi) is 2.31. The largest absolute Gasteiger partial charge is 0.369 e. The maximum Gasteiger partial charge on any atom is 0.228 e. The first-order valence-electron chi connectivity index (χ1n) is 4.02. The molecule has 2 atom stereocenters. The number of hydrogen-bond acceptors (Lipinski definition) is 2. The van der Waals surface area contributed by atoms with Crippen LogP contribution in [-0.4, -0.2) is 11.7 Å². The van der Waals surface area contributed by atoms with E-state index in [-0.39, 0.29) is 11.7 Å². The highest BCUT2D eigenvalue weighted by molar-refractivity contribution is 6.07. The van der Waals surface area contributed by atoms with E-state index in [1.807, 2.05) is 13.8 Å². The van der Waals surface area contributed by atoms with E-state index in [4.69, 9.17) is 5.73 Å². The molecule has 1 aliphatic carbocycles. The topological polar surface area (TPSA) is 60.2 Å². The lowest BCUT2D eigenvalue weighted by molar-refractivity contribution is -0.132. The van der Waals surface area contributed by atoms with E-state index < -0.39 is 11.8 Å². The Bertz CT molecular complexity index is 255. The van der Waals surface area contributed by atoms with E-state index in [1.165, 1.54) is 6.08 Å². The molecular weight excluding hydrogens is 154 g/mol. The predicted molar refractivity (Wildman–Crippen MR) is 45.2 cm³/mol. The van der Waals surface area contributed by atoms with Gasteiger partial charge in [-0.05, 0) is 25.3 Å². The molecule has 0 aliphatic heterocycles. The Balaban J connectivity index is 2.90. The smallest absolute Gasteiger partial charge is 0.228 e. The summed E-state index contributed by atoms with van der Waals surface area (Å²) in [5.74, 6) is -1.19. The van der Waals surface area contributed by atoms with Crippen LogP contribution < -0.4 is 5.73 Å². The second-order valence-corrected chi connectivity index (χ2v) is 3.45. The fourth-order valence-electron chi connectivity index (χ4n) is 1.72. The van der Waals surface area contributed by atoms with Gasteiger partial charge in [0.2, 0.25) is 5.91 Å². The van der Waals surface area contributed by atoms with Gasteiger partial charge < -0.3 is 5.73 Å². The Morgan fingerprint density at radius 3 is 2.67 bits per heavy atom. The summed E-state index contributed by atoms with van der Waals surface area (Å²) in [4.78, 5) is 22.1. The van der Waals surface area contributed by atoms with Crippen LogP contribution in [0.15, 0.2) is 11.6 Å². The van der Waals surface area contributed by atoms with E-state index in [0.29, 0.717) is 0 Å². The van der Waals surface area contributed by atoms with Gasteiger partial charge in [-0.15, -0.1) is 0 Å². The molecule has 3 heteroatoms. The molecule has 0 aromatic rings. The number of carbonyl (C=O) groups is 2. The van der Waals surface area contributed by atoms with Gasteiger partial charge in [0.25, 0.3) is 0 Å². The van der Waals surface area contributed by atoms with E-state index in [2.05, 4.69) is 0 Å². The number of nitrogens with two attached hydrogens (primary N) is 1. The lowest BCUT2D eigenvalue weighted by Gasteiger charge is -2.23. The molecule has 12 heavy (non-hydrogen) atoms. The minimum Gasteiger partial charge on any atom is -0.369 e. The Morgan fingerprint density at radius 2 is 2.25 bits per heavy atom. The third-order valence-corrected chi connectivity index (χ3v) is 2.21. The summed E-state index contributed by atoms with van der Waals surface area (Å²) in [6.45, 7) is 3.77. The van der Waals surface area contributed by atoms with Crippen LogP contribution in [0.1, 0.15) is 20.3 Å². The minimum absolute atomic E-state index is 0.0556. The Labute approximate surface area is 71.6 Å². The summed E-state index contributed by atoms with van der Waals surface area (Å²) in [6, 6.07) is 0. The van der Waals surface area contributed by atoms with E-state index in [1.54, 1.807) is 0 Å². The number of rotatable bonds is 1. The van der Waals surface area contributed by atoms with Crippen LogP contribution in [0.4, 0.5) is 0 Å². The van der Waals surface area contributed by atoms with Crippen molar-refractivity contribution in [2.24, 2.45) is 17.6 Å². The van der Waals surface area contributed by atoms with E-state index in [9.17, 15) is 9.59 Å². The van der Waals surface area contributed by atoms with Crippen LogP contribution in [0, 0.1) is 11.8 Å². The second-order valence-electron chi connectivity index (χ2n) is 3.45. The molecule has 2 N–H and O–H groups in total. The van der Waals surface area contributed by atoms with Crippen LogP contribution in [0.2, 0.25) is 0 Å². The van der Waals surface area contributed by atoms with Gasteiger partial charge in [0.05, 0.1) is 0 Å². The maximum atomic E-state index is 11.3. The van der Waals surface area contributed by atoms with Crippen molar-refractivity contribution in [2.45, 2.75) is 20.3 Å². The lowest BCUT2D eigenvalue weighted by Crippen LogP contribution is -2.36. The summed E-state index contributed by atoms with van der Waals surface area (Å²) in [6.07, 6.45) is 2.31. The first-order valence-corrected chi connectivity index (χ1v) is 4.02. The summed E-state index contributed by atoms with van der Waals surface area (Å²) < 4.78 is 0. The molecule has 1 rings (SSSR count). The standard InChI is InChI=1S/C9H13NO2/c1-5-3-6(2)8(9(10)12)7(11)4-5/h4,6,8H,3H2,1-2H3,(H2,10,12). The highest BCUT2D eigenvalue weighted by Gasteiger charge is 2.32. The molecule has 0 heterocycles. The molecule has 0 fully saturated rings. The number of allylic oxidation sites excluding steroid dienone is 2. The molecule has 66 valence electrons. The van der Waals surface area contributed by atoms with Crippen molar-refractivity contribution >= 4 is 11.7 Å². The van der Waals surface area contributed by atoms with E-state index in [0.717, 1.165) is 12.0 Å². The van der Waals surface area contributed by atoms with Crippen LogP contribution in [0.5, 0.6) is 0 Å². The first-order chi connectivity index (χ1) is 5.52. The molecule has 2 unspecified atom stereocenters. The number of carbonyl (C=O) groups excluding carboxylic acids is 2. The number of primary amides is 1. The molecule has 0 radical (unpaired) electrons. The average molecular weight is 167 g/mol. The van der Waals surface area contributed by atoms with Gasteiger partial charge in [0.1, 0.15) is 5.92 Å². The molecule has 0 saturated carbocycles. The summed E-state index contributed by atoms with van der Waals surface area (Å²) in [5.41, 5.74) is 6.14. The zero-order chi connectivity index (χ0) is 9.30. The molecule has 0 aromatic heterocycles. The zero-order valence-electron chi connectivity index (χ0n) is 7.33. The van der Waals surface area contributed by atoms with Gasteiger partial charge in [0.15, 0.2) is 5.78 Å². The summed E-state index contributed by atoms with van der Waals surface area (Å²) in [5, 5.41) is 0. The van der Waals surface area contributed by atoms with Gasteiger partial charge in [-0.1, -0.05) is 12.5 Å². The van der Waals surface area contributed by atoms with Crippen molar-refractivity contribution in [1.82, 2.24) is 0 Å². The lowest BCUT2D eigenvalue weighted by atomic mass is 9.80. The normalized spacial score (nSPS) is 29.8. The van der Waals surface area contributed by atoms with Gasteiger partial charge in [-0.2, -0.15) is 0 Å². The highest BCUT2D eigenvalue weighted by Crippen LogP contribution is 2.26.